The molecule has 0 fully saturated rings. The van der Waals surface area contributed by atoms with E-state index in [0.29, 0.717) is 0 Å². The van der Waals surface area contributed by atoms with Crippen molar-refractivity contribution in [1.29, 1.82) is 0 Å². The topological polar surface area (TPSA) is 1210 Å². The summed E-state index contributed by atoms with van der Waals surface area (Å²) in [5.74, 6) is 0. The summed E-state index contributed by atoms with van der Waals surface area (Å²) in [5.41, 5.74) is -16.7. The van der Waals surface area contributed by atoms with Crippen molar-refractivity contribution in [2.24, 2.45) is 81.2 Å². The minimum Gasteiger partial charge on any atom is -0.396 e. The molecule has 0 aromatic rings. The molecule has 0 atom stereocenters. The predicted octanol–water partition coefficient (Wildman–Crippen LogP) is -30.9. The van der Waals surface area contributed by atoms with E-state index in [-0.39, 0.29) is 0 Å². The summed E-state index contributed by atoms with van der Waals surface area (Å²) in [6.07, 6.45) is 0. The highest BCUT2D eigenvalue weighted by molar-refractivity contribution is 4.83. The summed E-state index contributed by atoms with van der Waals surface area (Å²) >= 11 is 0. The second-order valence-corrected chi connectivity index (χ2v) is 32.0. The molecule has 0 spiro atoms. The van der Waals surface area contributed by atoms with Gasteiger partial charge in [-0.25, -0.2) is 0 Å². The molecule has 840 valence electrons. The van der Waals surface area contributed by atoms with Gasteiger partial charge in [0.2, 0.25) is 0 Å². The van der Waals surface area contributed by atoms with Crippen molar-refractivity contribution in [2.75, 3.05) is 396 Å². The van der Waals surface area contributed by atoms with Crippen molar-refractivity contribution >= 4 is 0 Å². The maximum atomic E-state index is 8.50. The molecule has 0 aromatic carbocycles. The van der Waals surface area contributed by atoms with Crippen molar-refractivity contribution in [3.8, 4) is 0 Å². The number of aliphatic hydroxyl groups is 60. The van der Waals surface area contributed by atoms with Crippen LogP contribution >= 0.6 is 0 Å². The molecular weight excluding hydrogens is 1860 g/mol. The van der Waals surface area contributed by atoms with E-state index in [1.54, 1.807) is 0 Å². The third-order valence-electron chi connectivity index (χ3n) is 20.1. The van der Waals surface area contributed by atoms with Gasteiger partial charge in [0.1, 0.15) is 0 Å². The first-order chi connectivity index (χ1) is 63.6. The van der Waals surface area contributed by atoms with Crippen LogP contribution in [0.1, 0.15) is 0 Å². The molecule has 135 heavy (non-hydrogen) atoms. The zero-order valence-electron chi connectivity index (χ0n) is 76.8. The zero-order chi connectivity index (χ0) is 110. The minimum absolute atomic E-state index is 0.406. The molecule has 0 bridgehead atoms. The first kappa shape index (κ1) is 166. The fourth-order valence-electron chi connectivity index (χ4n) is 4.50. The van der Waals surface area contributed by atoms with Crippen LogP contribution in [0.3, 0.4) is 0 Å². The molecule has 0 aliphatic rings. The Morgan fingerprint density at radius 1 is 0.0444 bits per heavy atom. The molecule has 0 saturated heterocycles. The van der Waals surface area contributed by atoms with Crippen molar-refractivity contribution in [1.82, 2.24) is 0 Å². The predicted molar refractivity (Wildman–Crippen MR) is 462 cm³/mol. The Bertz CT molecular complexity index is 1360. The summed E-state index contributed by atoms with van der Waals surface area (Å²) in [4.78, 5) is 0. The fourth-order valence-corrected chi connectivity index (χ4v) is 4.50. The van der Waals surface area contributed by atoms with Crippen LogP contribution in [-0.2, 0) is 0 Å². The summed E-state index contributed by atoms with van der Waals surface area (Å²) in [6, 6.07) is 0. The smallest absolute Gasteiger partial charge is 0.0627 e. The van der Waals surface area contributed by atoms with E-state index in [4.69, 9.17) is 306 Å². The van der Waals surface area contributed by atoms with E-state index < -0.39 is 478 Å². The second-order valence-electron chi connectivity index (χ2n) is 32.0. The molecule has 0 aliphatic carbocycles. The van der Waals surface area contributed by atoms with E-state index in [0.717, 1.165) is 0 Å². The summed E-state index contributed by atoms with van der Waals surface area (Å²) in [7, 11) is 0. The monoisotopic (exact) mass is 2040 g/mol. The van der Waals surface area contributed by atoms with Gasteiger partial charge in [0.15, 0.2) is 0 Å². The maximum absolute atomic E-state index is 8.50. The van der Waals surface area contributed by atoms with Gasteiger partial charge in [-0.2, -0.15) is 0 Å². The average Bonchev–Trinajstić information content (AvgIpc) is 1.08. The molecule has 0 amide bonds. The molecule has 0 unspecified atom stereocenters. The highest BCUT2D eigenvalue weighted by Crippen LogP contribution is 2.21. The normalized spacial score (nSPS) is 12.0. The number of hydrogen-bond donors (Lipinski definition) is 60. The largest absolute Gasteiger partial charge is 0.396 e. The lowest BCUT2D eigenvalue weighted by molar-refractivity contribution is -0.0332. The third-order valence-corrected chi connectivity index (χ3v) is 20.1. The van der Waals surface area contributed by atoms with Gasteiger partial charge in [-0.15, -0.1) is 0 Å². The van der Waals surface area contributed by atoms with Crippen LogP contribution in [0.2, 0.25) is 0 Å². The van der Waals surface area contributed by atoms with Crippen LogP contribution in [-0.4, -0.2) is 703 Å². The molecule has 60 nitrogen and oxygen atoms in total. The Hall–Kier alpha value is -2.40. The van der Waals surface area contributed by atoms with Crippen LogP contribution in [0.15, 0.2) is 0 Å². The quantitative estimate of drug-likeness (QED) is 0.0269. The Morgan fingerprint density at radius 3 is 0.0593 bits per heavy atom. The van der Waals surface area contributed by atoms with Crippen LogP contribution in [0.5, 0.6) is 0 Å². The second kappa shape index (κ2) is 103. The van der Waals surface area contributed by atoms with Gasteiger partial charge in [-0.1, -0.05) is 0 Å². The molecule has 0 aliphatic heterocycles. The van der Waals surface area contributed by atoms with E-state index >= 15 is 0 Å². The lowest BCUT2D eigenvalue weighted by Gasteiger charge is -2.23. The number of aliphatic hydroxyl groups excluding tert-OH is 60. The maximum Gasteiger partial charge on any atom is 0.0627 e. The minimum atomic E-state index is -1.11. The molecule has 0 saturated carbocycles. The summed E-state index contributed by atoms with van der Waals surface area (Å²) in [5, 5.41) is 510. The van der Waals surface area contributed by atoms with Crippen LogP contribution in [0, 0.1) is 81.2 Å². The third kappa shape index (κ3) is 70.1. The van der Waals surface area contributed by atoms with E-state index in [2.05, 4.69) is 0 Å². The van der Waals surface area contributed by atoms with Gasteiger partial charge in [0.05, 0.1) is 478 Å². The lowest BCUT2D eigenvalue weighted by Crippen LogP contribution is -2.37. The van der Waals surface area contributed by atoms with Crippen molar-refractivity contribution < 1.29 is 306 Å². The molecule has 60 N–H and O–H groups in total. The Labute approximate surface area is 781 Å². The Kier molecular flexibility index (Phi) is 127. The van der Waals surface area contributed by atoms with Crippen LogP contribution < -0.4 is 0 Å². The average molecular weight is 2040 g/mol. The van der Waals surface area contributed by atoms with Crippen molar-refractivity contribution in [2.45, 2.75) is 0 Å². The van der Waals surface area contributed by atoms with Gasteiger partial charge in [-0.05, 0) is 0 Å². The molecule has 0 radical (unpaired) electrons. The summed E-state index contributed by atoms with van der Waals surface area (Å²) < 4.78 is 0. The van der Waals surface area contributed by atoms with Gasteiger partial charge in [0, 0.05) is 0 Å². The van der Waals surface area contributed by atoms with E-state index in [9.17, 15) is 0 Å². The van der Waals surface area contributed by atoms with Crippen molar-refractivity contribution in [3.05, 3.63) is 0 Å². The Morgan fingerprint density at radius 2 is 0.0593 bits per heavy atom. The molecule has 0 heterocycles. The van der Waals surface area contributed by atoms with E-state index in [1.165, 1.54) is 0 Å². The van der Waals surface area contributed by atoms with Crippen LogP contribution in [0.25, 0.3) is 0 Å². The Balaban J connectivity index is -0.0000000879. The molecule has 60 heteroatoms. The SMILES string of the molecule is OCC(CO)(CO)CO.OCC(CO)(CO)CO.OCC(CO)(CO)CO.OCC(CO)(CO)CO.OCC(CO)(CO)CO.OCC(CO)(CO)CO.OCC(CO)(CO)CO.OCC(CO)(CO)CO.OCC(CO)(CO)CO.OCC(CO)(CO)CO.OCC(CO)(CO)CO.OCC(CO)(CO)CO.OCC(CO)(CO)CO.OCC(CO)(CO)CO.OCC(CO)(CO)CO. The highest BCUT2D eigenvalue weighted by atomic mass is 16.4. The first-order valence-corrected chi connectivity index (χ1v) is 40.2. The van der Waals surface area contributed by atoms with Gasteiger partial charge in [-0.3, -0.25) is 0 Å². The van der Waals surface area contributed by atoms with Crippen molar-refractivity contribution in [3.63, 3.8) is 0 Å². The van der Waals surface area contributed by atoms with E-state index in [1.807, 2.05) is 0 Å². The molecule has 0 rings (SSSR count). The standard InChI is InChI=1S/15C5H12O4/c15*6-1-5(2-7,3-8)4-9/h15*6-9H,1-4H2. The molecule has 0 aromatic heterocycles. The molecular formula is C75H180O60. The number of rotatable bonds is 60. The highest BCUT2D eigenvalue weighted by Gasteiger charge is 2.36. The van der Waals surface area contributed by atoms with Gasteiger partial charge in [0.25, 0.3) is 0 Å². The number of hydrogen-bond acceptors (Lipinski definition) is 60. The summed E-state index contributed by atoms with van der Waals surface area (Å²) in [6.45, 7) is -24.4. The lowest BCUT2D eigenvalue weighted by atomic mass is 9.93. The van der Waals surface area contributed by atoms with Gasteiger partial charge >= 0.3 is 0 Å². The fraction of sp³-hybridized carbons (Fsp3) is 1.00. The van der Waals surface area contributed by atoms with Gasteiger partial charge < -0.3 is 306 Å². The van der Waals surface area contributed by atoms with Crippen LogP contribution in [0.4, 0.5) is 0 Å². The first-order valence-electron chi connectivity index (χ1n) is 40.2. The zero-order valence-corrected chi connectivity index (χ0v) is 76.8.